The molecule has 4 nitrogen and oxygen atoms in total. The van der Waals surface area contributed by atoms with Gasteiger partial charge in [0.1, 0.15) is 5.54 Å². The van der Waals surface area contributed by atoms with Crippen molar-refractivity contribution in [1.82, 2.24) is 4.90 Å². The molecule has 0 bridgehead atoms. The Labute approximate surface area is 121 Å². The van der Waals surface area contributed by atoms with Gasteiger partial charge in [-0.3, -0.25) is 4.90 Å². The summed E-state index contributed by atoms with van der Waals surface area (Å²) in [5.74, 6) is 0. The van der Waals surface area contributed by atoms with Gasteiger partial charge in [-0.25, -0.2) is 0 Å². The maximum atomic E-state index is 9.47. The van der Waals surface area contributed by atoms with E-state index in [0.717, 1.165) is 38.3 Å². The molecule has 1 aliphatic heterocycles. The number of morpholine rings is 1. The second-order valence-electron chi connectivity index (χ2n) is 5.37. The smallest absolute Gasteiger partial charge is 0.131 e. The quantitative estimate of drug-likeness (QED) is 0.889. The van der Waals surface area contributed by atoms with Crippen LogP contribution in [-0.2, 0) is 10.3 Å². The number of nitrogens with zero attached hydrogens (tertiary/aromatic N) is 2. The van der Waals surface area contributed by atoms with Crippen molar-refractivity contribution in [3.8, 4) is 6.07 Å². The summed E-state index contributed by atoms with van der Waals surface area (Å²) in [5, 5.41) is 9.47. The van der Waals surface area contributed by atoms with Crippen LogP contribution >= 0.6 is 0 Å². The number of nitrogens with two attached hydrogens (primary N) is 1. The standard InChI is InChI=1S/C16H23N3O/c1-2-15-12-20-11-10-19(15)9-8-16(18,13-17)14-6-4-3-5-7-14/h3-7,15H,2,8-12,18H2,1H3. The minimum absolute atomic E-state index is 0.447. The first kappa shape index (κ1) is 15.0. The summed E-state index contributed by atoms with van der Waals surface area (Å²) in [7, 11) is 0. The molecule has 20 heavy (non-hydrogen) atoms. The average molecular weight is 273 g/mol. The van der Waals surface area contributed by atoms with E-state index in [1.165, 1.54) is 0 Å². The van der Waals surface area contributed by atoms with Crippen LogP contribution in [-0.4, -0.2) is 37.2 Å². The third kappa shape index (κ3) is 3.37. The van der Waals surface area contributed by atoms with Gasteiger partial charge in [-0.15, -0.1) is 0 Å². The highest BCUT2D eigenvalue weighted by molar-refractivity contribution is 5.30. The summed E-state index contributed by atoms with van der Waals surface area (Å²) in [5.41, 5.74) is 6.29. The molecular weight excluding hydrogens is 250 g/mol. The van der Waals surface area contributed by atoms with Crippen LogP contribution in [0.2, 0.25) is 0 Å². The van der Waals surface area contributed by atoms with Gasteiger partial charge in [0, 0.05) is 19.1 Å². The van der Waals surface area contributed by atoms with Crippen molar-refractivity contribution in [1.29, 1.82) is 5.26 Å². The molecule has 1 heterocycles. The van der Waals surface area contributed by atoms with E-state index in [1.54, 1.807) is 0 Å². The number of hydrogen-bond donors (Lipinski definition) is 1. The van der Waals surface area contributed by atoms with Crippen LogP contribution < -0.4 is 5.73 Å². The monoisotopic (exact) mass is 273 g/mol. The fourth-order valence-corrected chi connectivity index (χ4v) is 2.68. The Morgan fingerprint density at radius 1 is 1.45 bits per heavy atom. The summed E-state index contributed by atoms with van der Waals surface area (Å²) >= 11 is 0. The van der Waals surface area contributed by atoms with E-state index >= 15 is 0 Å². The lowest BCUT2D eigenvalue weighted by molar-refractivity contribution is -0.0106. The Bertz CT molecular complexity index is 457. The van der Waals surface area contributed by atoms with Crippen molar-refractivity contribution in [2.45, 2.75) is 31.3 Å². The van der Waals surface area contributed by atoms with Gasteiger partial charge in [0.25, 0.3) is 0 Å². The van der Waals surface area contributed by atoms with E-state index in [-0.39, 0.29) is 0 Å². The number of nitriles is 1. The topological polar surface area (TPSA) is 62.3 Å². The van der Waals surface area contributed by atoms with E-state index < -0.39 is 5.54 Å². The van der Waals surface area contributed by atoms with Crippen LogP contribution in [0.3, 0.4) is 0 Å². The zero-order valence-electron chi connectivity index (χ0n) is 12.1. The lowest BCUT2D eigenvalue weighted by atomic mass is 9.89. The molecule has 0 spiro atoms. The maximum Gasteiger partial charge on any atom is 0.131 e. The Kier molecular flexibility index (Phi) is 5.13. The zero-order valence-corrected chi connectivity index (χ0v) is 12.1. The van der Waals surface area contributed by atoms with Crippen LogP contribution in [0.25, 0.3) is 0 Å². The van der Waals surface area contributed by atoms with Crippen molar-refractivity contribution in [2.75, 3.05) is 26.3 Å². The lowest BCUT2D eigenvalue weighted by Crippen LogP contribution is -2.48. The molecule has 1 aliphatic rings. The van der Waals surface area contributed by atoms with Crippen molar-refractivity contribution in [3.05, 3.63) is 35.9 Å². The molecule has 4 heteroatoms. The van der Waals surface area contributed by atoms with Crippen LogP contribution in [0.5, 0.6) is 0 Å². The molecule has 2 N–H and O–H groups in total. The van der Waals surface area contributed by atoms with Gasteiger partial charge in [0.05, 0.1) is 19.3 Å². The van der Waals surface area contributed by atoms with E-state index in [9.17, 15) is 5.26 Å². The number of hydrogen-bond acceptors (Lipinski definition) is 4. The lowest BCUT2D eigenvalue weighted by Gasteiger charge is -2.36. The molecule has 0 radical (unpaired) electrons. The molecule has 1 fully saturated rings. The van der Waals surface area contributed by atoms with Gasteiger partial charge in [-0.05, 0) is 18.4 Å². The highest BCUT2D eigenvalue weighted by Gasteiger charge is 2.29. The van der Waals surface area contributed by atoms with Crippen LogP contribution in [0, 0.1) is 11.3 Å². The molecule has 0 aromatic heterocycles. The number of rotatable bonds is 5. The van der Waals surface area contributed by atoms with Crippen molar-refractivity contribution < 1.29 is 4.74 Å². The van der Waals surface area contributed by atoms with E-state index in [2.05, 4.69) is 17.9 Å². The normalized spacial score (nSPS) is 22.9. The van der Waals surface area contributed by atoms with Crippen LogP contribution in [0.15, 0.2) is 30.3 Å². The molecule has 1 saturated heterocycles. The van der Waals surface area contributed by atoms with Gasteiger partial charge < -0.3 is 10.5 Å². The average Bonchev–Trinajstić information content (AvgIpc) is 2.53. The molecule has 1 aromatic rings. The van der Waals surface area contributed by atoms with Crippen LogP contribution in [0.4, 0.5) is 0 Å². The first-order chi connectivity index (χ1) is 9.69. The highest BCUT2D eigenvalue weighted by Crippen LogP contribution is 2.23. The Hall–Kier alpha value is -1.41. The van der Waals surface area contributed by atoms with E-state index in [0.29, 0.717) is 12.5 Å². The van der Waals surface area contributed by atoms with Crippen molar-refractivity contribution in [3.63, 3.8) is 0 Å². The largest absolute Gasteiger partial charge is 0.378 e. The third-order valence-electron chi connectivity index (χ3n) is 4.10. The van der Waals surface area contributed by atoms with Gasteiger partial charge in [0.2, 0.25) is 0 Å². The van der Waals surface area contributed by atoms with Gasteiger partial charge in [-0.1, -0.05) is 37.3 Å². The minimum atomic E-state index is -0.905. The molecule has 1 aromatic carbocycles. The fourth-order valence-electron chi connectivity index (χ4n) is 2.68. The first-order valence-corrected chi connectivity index (χ1v) is 7.27. The predicted octanol–water partition coefficient (Wildman–Crippen LogP) is 1.87. The summed E-state index contributed by atoms with van der Waals surface area (Å²) in [6.07, 6.45) is 1.71. The summed E-state index contributed by atoms with van der Waals surface area (Å²) < 4.78 is 5.51. The maximum absolute atomic E-state index is 9.47. The summed E-state index contributed by atoms with van der Waals surface area (Å²) in [6.45, 7) is 5.48. The van der Waals surface area contributed by atoms with Gasteiger partial charge in [-0.2, -0.15) is 5.26 Å². The minimum Gasteiger partial charge on any atom is -0.378 e. The van der Waals surface area contributed by atoms with Crippen molar-refractivity contribution >= 4 is 0 Å². The Balaban J connectivity index is 2.02. The number of benzene rings is 1. The van der Waals surface area contributed by atoms with Crippen molar-refractivity contribution in [2.24, 2.45) is 5.73 Å². The Morgan fingerprint density at radius 2 is 2.20 bits per heavy atom. The third-order valence-corrected chi connectivity index (χ3v) is 4.10. The molecule has 2 unspecified atom stereocenters. The van der Waals surface area contributed by atoms with E-state index in [1.807, 2.05) is 30.3 Å². The first-order valence-electron chi connectivity index (χ1n) is 7.27. The van der Waals surface area contributed by atoms with Gasteiger partial charge in [0.15, 0.2) is 0 Å². The Morgan fingerprint density at radius 3 is 2.85 bits per heavy atom. The predicted molar refractivity (Wildman–Crippen MR) is 79.0 cm³/mol. The SMILES string of the molecule is CCC1COCCN1CCC(N)(C#N)c1ccccc1. The molecule has 2 rings (SSSR count). The summed E-state index contributed by atoms with van der Waals surface area (Å²) in [4.78, 5) is 2.39. The molecule has 2 atom stereocenters. The second kappa shape index (κ2) is 6.85. The van der Waals surface area contributed by atoms with Crippen LogP contribution in [0.1, 0.15) is 25.3 Å². The molecule has 0 amide bonds. The van der Waals surface area contributed by atoms with E-state index in [4.69, 9.17) is 10.5 Å². The second-order valence-corrected chi connectivity index (χ2v) is 5.37. The highest BCUT2D eigenvalue weighted by atomic mass is 16.5. The van der Waals surface area contributed by atoms with Gasteiger partial charge >= 0.3 is 0 Å². The molecule has 0 saturated carbocycles. The molecule has 108 valence electrons. The zero-order chi connectivity index (χ0) is 14.4. The molecule has 0 aliphatic carbocycles. The summed E-state index contributed by atoms with van der Waals surface area (Å²) in [6, 6.07) is 12.4. The number of ether oxygens (including phenoxy) is 1. The molecular formula is C16H23N3O. The fraction of sp³-hybridized carbons (Fsp3) is 0.562.